The molecule has 0 fully saturated rings. The first kappa shape index (κ1) is 18.5. The minimum absolute atomic E-state index is 0.0722. The number of aromatic nitrogens is 1. The van der Waals surface area contributed by atoms with Gasteiger partial charge in [0.2, 0.25) is 10.0 Å². The second kappa shape index (κ2) is 7.36. The molecule has 2 aromatic rings. The predicted octanol–water partition coefficient (Wildman–Crippen LogP) is 3.98. The van der Waals surface area contributed by atoms with E-state index in [1.54, 1.807) is 18.2 Å². The van der Waals surface area contributed by atoms with Crippen LogP contribution in [0.2, 0.25) is 10.2 Å². The number of halogens is 3. The molecule has 2 rings (SSSR count). The largest absolute Gasteiger partial charge is 0.496 e. The molecule has 0 atom stereocenters. The number of hydrogen-bond donors (Lipinski definition) is 0. The van der Waals surface area contributed by atoms with Crippen molar-refractivity contribution < 1.29 is 13.2 Å². The molecular formula is C14H13BrCl2N2O3S. The van der Waals surface area contributed by atoms with Crippen LogP contribution in [0.25, 0.3) is 0 Å². The van der Waals surface area contributed by atoms with E-state index >= 15 is 0 Å². The van der Waals surface area contributed by atoms with Crippen molar-refractivity contribution in [3.63, 3.8) is 0 Å². The van der Waals surface area contributed by atoms with Gasteiger partial charge in [0, 0.05) is 34.8 Å². The fourth-order valence-corrected chi connectivity index (χ4v) is 4.21. The highest BCUT2D eigenvalue weighted by molar-refractivity contribution is 9.10. The van der Waals surface area contributed by atoms with Crippen molar-refractivity contribution in [2.24, 2.45) is 0 Å². The fourth-order valence-electron chi connectivity index (χ4n) is 1.95. The third kappa shape index (κ3) is 4.16. The summed E-state index contributed by atoms with van der Waals surface area (Å²) in [5.41, 5.74) is 0.644. The Morgan fingerprint density at radius 1 is 1.30 bits per heavy atom. The van der Waals surface area contributed by atoms with Gasteiger partial charge in [-0.3, -0.25) is 0 Å². The lowest BCUT2D eigenvalue weighted by Crippen LogP contribution is -2.27. The summed E-state index contributed by atoms with van der Waals surface area (Å²) in [5.74, 6) is 0.551. The van der Waals surface area contributed by atoms with E-state index in [0.29, 0.717) is 20.8 Å². The van der Waals surface area contributed by atoms with Crippen LogP contribution >= 0.6 is 39.1 Å². The van der Waals surface area contributed by atoms with Gasteiger partial charge in [-0.05, 0) is 40.2 Å². The van der Waals surface area contributed by atoms with Crippen molar-refractivity contribution in [3.05, 3.63) is 50.7 Å². The van der Waals surface area contributed by atoms with E-state index in [1.165, 1.54) is 26.4 Å². The molecule has 5 nitrogen and oxygen atoms in total. The molecule has 0 N–H and O–H groups in total. The van der Waals surface area contributed by atoms with Crippen LogP contribution in [-0.4, -0.2) is 31.9 Å². The Labute approximate surface area is 153 Å². The number of sulfonamides is 1. The van der Waals surface area contributed by atoms with Gasteiger partial charge in [-0.1, -0.05) is 23.2 Å². The molecule has 0 radical (unpaired) electrons. The number of methoxy groups -OCH3 is 1. The van der Waals surface area contributed by atoms with Gasteiger partial charge < -0.3 is 4.74 Å². The second-order valence-electron chi connectivity index (χ2n) is 4.66. The average molecular weight is 440 g/mol. The maximum Gasteiger partial charge on any atom is 0.246 e. The summed E-state index contributed by atoms with van der Waals surface area (Å²) in [6, 6.07) is 6.43. The highest BCUT2D eigenvalue weighted by Gasteiger charge is 2.25. The number of ether oxygens (including phenoxy) is 1. The zero-order valence-electron chi connectivity index (χ0n) is 12.3. The molecule has 0 aliphatic heterocycles. The zero-order valence-corrected chi connectivity index (χ0v) is 16.2. The smallest absolute Gasteiger partial charge is 0.246 e. The number of pyridine rings is 1. The standard InChI is InChI=1S/C14H13BrCl2N2O3S/c1-19(8-9-5-11(16)3-4-12(9)22-2)23(20,21)13-6-10(15)7-18-14(13)17/h3-7H,8H2,1-2H3. The van der Waals surface area contributed by atoms with Crippen LogP contribution < -0.4 is 4.74 Å². The average Bonchev–Trinajstić information content (AvgIpc) is 2.49. The van der Waals surface area contributed by atoms with Gasteiger partial charge in [0.05, 0.1) is 7.11 Å². The minimum atomic E-state index is -3.82. The lowest BCUT2D eigenvalue weighted by atomic mass is 10.2. The van der Waals surface area contributed by atoms with Crippen LogP contribution in [0.15, 0.2) is 39.8 Å². The summed E-state index contributed by atoms with van der Waals surface area (Å²) in [7, 11) is -0.856. The highest BCUT2D eigenvalue weighted by Crippen LogP contribution is 2.28. The van der Waals surface area contributed by atoms with Crippen LogP contribution in [0.4, 0.5) is 0 Å². The molecule has 0 saturated heterocycles. The van der Waals surface area contributed by atoms with Gasteiger partial charge in [0.15, 0.2) is 0 Å². The van der Waals surface area contributed by atoms with E-state index in [-0.39, 0.29) is 16.6 Å². The zero-order chi connectivity index (χ0) is 17.2. The lowest BCUT2D eigenvalue weighted by molar-refractivity contribution is 0.398. The summed E-state index contributed by atoms with van der Waals surface area (Å²) in [6.45, 7) is 0.0783. The van der Waals surface area contributed by atoms with Gasteiger partial charge in [-0.15, -0.1) is 0 Å². The Kier molecular flexibility index (Phi) is 5.91. The molecule has 9 heteroatoms. The summed E-state index contributed by atoms with van der Waals surface area (Å²) in [5, 5.41) is 0.409. The van der Waals surface area contributed by atoms with Gasteiger partial charge >= 0.3 is 0 Å². The molecule has 1 aromatic heterocycles. The summed E-state index contributed by atoms with van der Waals surface area (Å²) >= 11 is 15.1. The number of benzene rings is 1. The van der Waals surface area contributed by atoms with Crippen LogP contribution in [-0.2, 0) is 16.6 Å². The molecule has 0 bridgehead atoms. The Balaban J connectivity index is 2.38. The monoisotopic (exact) mass is 438 g/mol. The molecule has 0 amide bonds. The van der Waals surface area contributed by atoms with Crippen molar-refractivity contribution in [2.45, 2.75) is 11.4 Å². The fraction of sp³-hybridized carbons (Fsp3) is 0.214. The van der Waals surface area contributed by atoms with Crippen molar-refractivity contribution in [3.8, 4) is 5.75 Å². The molecule has 0 saturated carbocycles. The molecule has 0 unspecified atom stereocenters. The quantitative estimate of drug-likeness (QED) is 0.661. The van der Waals surface area contributed by atoms with E-state index in [1.807, 2.05) is 0 Å². The Morgan fingerprint density at radius 3 is 2.65 bits per heavy atom. The van der Waals surface area contributed by atoms with E-state index in [0.717, 1.165) is 4.31 Å². The van der Waals surface area contributed by atoms with Crippen molar-refractivity contribution >= 4 is 49.2 Å². The first-order chi connectivity index (χ1) is 10.8. The molecule has 1 heterocycles. The first-order valence-electron chi connectivity index (χ1n) is 6.35. The lowest BCUT2D eigenvalue weighted by Gasteiger charge is -2.19. The van der Waals surface area contributed by atoms with E-state index in [9.17, 15) is 8.42 Å². The van der Waals surface area contributed by atoms with E-state index in [4.69, 9.17) is 27.9 Å². The SMILES string of the molecule is COc1ccc(Cl)cc1CN(C)S(=O)(=O)c1cc(Br)cnc1Cl. The molecule has 0 spiro atoms. The topological polar surface area (TPSA) is 59.5 Å². The van der Waals surface area contributed by atoms with Gasteiger partial charge in [-0.2, -0.15) is 4.31 Å². The Bertz CT molecular complexity index is 831. The summed E-state index contributed by atoms with van der Waals surface area (Å²) in [4.78, 5) is 3.78. The number of hydrogen-bond acceptors (Lipinski definition) is 4. The summed E-state index contributed by atoms with van der Waals surface area (Å²) in [6.07, 6.45) is 1.43. The van der Waals surface area contributed by atoms with Gasteiger partial charge in [0.1, 0.15) is 15.8 Å². The third-order valence-corrected chi connectivity index (χ3v) is 6.00. The van der Waals surface area contributed by atoms with Crippen LogP contribution in [0.3, 0.4) is 0 Å². The molecule has 1 aromatic carbocycles. The van der Waals surface area contributed by atoms with Gasteiger partial charge in [-0.25, -0.2) is 13.4 Å². The normalized spacial score (nSPS) is 11.7. The Morgan fingerprint density at radius 2 is 2.00 bits per heavy atom. The predicted molar refractivity (Wildman–Crippen MR) is 93.6 cm³/mol. The van der Waals surface area contributed by atoms with E-state index in [2.05, 4.69) is 20.9 Å². The van der Waals surface area contributed by atoms with Crippen molar-refractivity contribution in [1.82, 2.24) is 9.29 Å². The molecule has 0 aliphatic rings. The number of nitrogens with zero attached hydrogens (tertiary/aromatic N) is 2. The van der Waals surface area contributed by atoms with Crippen LogP contribution in [0, 0.1) is 0 Å². The Hall–Kier alpha value is -0.860. The van der Waals surface area contributed by atoms with Gasteiger partial charge in [0.25, 0.3) is 0 Å². The number of rotatable bonds is 5. The van der Waals surface area contributed by atoms with Crippen LogP contribution in [0.5, 0.6) is 5.75 Å². The first-order valence-corrected chi connectivity index (χ1v) is 9.34. The maximum atomic E-state index is 12.7. The second-order valence-corrected chi connectivity index (χ2v) is 8.38. The van der Waals surface area contributed by atoms with Crippen LogP contribution in [0.1, 0.15) is 5.56 Å². The summed E-state index contributed by atoms with van der Waals surface area (Å²) < 4.78 is 32.3. The molecule has 124 valence electrons. The molecule has 23 heavy (non-hydrogen) atoms. The van der Waals surface area contributed by atoms with Crippen molar-refractivity contribution in [1.29, 1.82) is 0 Å². The van der Waals surface area contributed by atoms with E-state index < -0.39 is 10.0 Å². The minimum Gasteiger partial charge on any atom is -0.496 e. The van der Waals surface area contributed by atoms with Crippen molar-refractivity contribution in [2.75, 3.05) is 14.2 Å². The maximum absolute atomic E-state index is 12.7. The molecular weight excluding hydrogens is 427 g/mol. The molecule has 0 aliphatic carbocycles. The highest BCUT2D eigenvalue weighted by atomic mass is 79.9. The third-order valence-electron chi connectivity index (χ3n) is 3.10.